The summed E-state index contributed by atoms with van der Waals surface area (Å²) in [5, 5.41) is 0. The van der Waals surface area contributed by atoms with E-state index in [1.54, 1.807) is 0 Å². The molecular weight excluding hydrogens is 371 g/mol. The van der Waals surface area contributed by atoms with Crippen molar-refractivity contribution in [1.29, 1.82) is 0 Å². The molecule has 3 rings (SSSR count). The van der Waals surface area contributed by atoms with Crippen LogP contribution in [-0.4, -0.2) is 5.78 Å². The van der Waals surface area contributed by atoms with E-state index >= 15 is 0 Å². The first-order valence-corrected chi connectivity index (χ1v) is 7.78. The van der Waals surface area contributed by atoms with Crippen LogP contribution in [0.15, 0.2) is 78.9 Å². The van der Waals surface area contributed by atoms with Gasteiger partial charge < -0.3 is 0 Å². The summed E-state index contributed by atoms with van der Waals surface area (Å²) in [5.74, 6) is 0.0587. The van der Waals surface area contributed by atoms with Gasteiger partial charge in [-0.2, -0.15) is 0 Å². The van der Waals surface area contributed by atoms with E-state index in [0.717, 1.165) is 22.3 Å². The number of carbonyl (C=O) groups is 1. The average Bonchev–Trinajstić information content (AvgIpc) is 2.55. The maximum atomic E-state index is 12.5. The molecule has 0 saturated heterocycles. The molecule has 0 saturated carbocycles. The minimum absolute atomic E-state index is 0.0587. The Labute approximate surface area is 137 Å². The molecule has 21 heavy (non-hydrogen) atoms. The van der Waals surface area contributed by atoms with Crippen molar-refractivity contribution in [3.63, 3.8) is 0 Å². The smallest absolute Gasteiger partial charge is 0.193 e. The highest BCUT2D eigenvalue weighted by Gasteiger charge is 2.10. The number of carbonyl (C=O) groups excluding carboxylic acids is 1. The average molecular weight is 384 g/mol. The number of rotatable bonds is 3. The SMILES string of the molecule is O=C(c1ccccc1)c1cccc(-c2ccccc2I)c1. The topological polar surface area (TPSA) is 17.1 Å². The van der Waals surface area contributed by atoms with E-state index in [9.17, 15) is 4.79 Å². The van der Waals surface area contributed by atoms with E-state index in [4.69, 9.17) is 0 Å². The Bertz CT molecular complexity index is 778. The molecule has 0 heterocycles. The molecule has 0 aromatic heterocycles. The van der Waals surface area contributed by atoms with Gasteiger partial charge in [0.1, 0.15) is 0 Å². The summed E-state index contributed by atoms with van der Waals surface area (Å²) in [4.78, 5) is 12.5. The molecule has 0 N–H and O–H groups in total. The lowest BCUT2D eigenvalue weighted by molar-refractivity contribution is 0.103. The lowest BCUT2D eigenvalue weighted by atomic mass is 9.98. The van der Waals surface area contributed by atoms with E-state index in [0.29, 0.717) is 0 Å². The first-order chi connectivity index (χ1) is 10.3. The third kappa shape index (κ3) is 3.05. The van der Waals surface area contributed by atoms with Gasteiger partial charge in [0.2, 0.25) is 0 Å². The molecular formula is C19H13IO. The Balaban J connectivity index is 2.02. The quantitative estimate of drug-likeness (QED) is 0.449. The van der Waals surface area contributed by atoms with Crippen LogP contribution in [0, 0.1) is 3.57 Å². The lowest BCUT2D eigenvalue weighted by Gasteiger charge is -2.07. The molecule has 3 aromatic carbocycles. The number of hydrogen-bond donors (Lipinski definition) is 0. The fourth-order valence-electron chi connectivity index (χ4n) is 2.28. The van der Waals surface area contributed by atoms with Crippen LogP contribution in [0.5, 0.6) is 0 Å². The van der Waals surface area contributed by atoms with Crippen molar-refractivity contribution in [3.05, 3.63) is 93.6 Å². The van der Waals surface area contributed by atoms with Crippen LogP contribution in [0.4, 0.5) is 0 Å². The number of hydrogen-bond acceptors (Lipinski definition) is 1. The van der Waals surface area contributed by atoms with Crippen molar-refractivity contribution in [2.24, 2.45) is 0 Å². The van der Waals surface area contributed by atoms with Crippen LogP contribution in [0.3, 0.4) is 0 Å². The first kappa shape index (κ1) is 14.0. The maximum absolute atomic E-state index is 12.5. The maximum Gasteiger partial charge on any atom is 0.193 e. The van der Waals surface area contributed by atoms with Gasteiger partial charge in [0.05, 0.1) is 0 Å². The van der Waals surface area contributed by atoms with Crippen molar-refractivity contribution in [2.45, 2.75) is 0 Å². The second-order valence-electron chi connectivity index (χ2n) is 4.76. The first-order valence-electron chi connectivity index (χ1n) is 6.70. The summed E-state index contributed by atoms with van der Waals surface area (Å²) in [5.41, 5.74) is 3.67. The van der Waals surface area contributed by atoms with E-state index < -0.39 is 0 Å². The van der Waals surface area contributed by atoms with Crippen LogP contribution in [-0.2, 0) is 0 Å². The van der Waals surface area contributed by atoms with Gasteiger partial charge in [-0.25, -0.2) is 0 Å². The molecule has 0 fully saturated rings. The Morgan fingerprint density at radius 1 is 0.714 bits per heavy atom. The van der Waals surface area contributed by atoms with Crippen molar-refractivity contribution in [1.82, 2.24) is 0 Å². The molecule has 0 aliphatic heterocycles. The number of benzene rings is 3. The van der Waals surface area contributed by atoms with Gasteiger partial charge in [0, 0.05) is 14.7 Å². The van der Waals surface area contributed by atoms with Gasteiger partial charge in [0.15, 0.2) is 5.78 Å². The van der Waals surface area contributed by atoms with Crippen LogP contribution in [0.1, 0.15) is 15.9 Å². The highest BCUT2D eigenvalue weighted by Crippen LogP contribution is 2.26. The molecule has 1 nitrogen and oxygen atoms in total. The molecule has 0 unspecified atom stereocenters. The minimum Gasteiger partial charge on any atom is -0.289 e. The predicted octanol–water partition coefficient (Wildman–Crippen LogP) is 5.19. The molecule has 0 atom stereocenters. The summed E-state index contributed by atoms with van der Waals surface area (Å²) < 4.78 is 1.18. The second kappa shape index (κ2) is 6.22. The summed E-state index contributed by atoms with van der Waals surface area (Å²) in [6.07, 6.45) is 0. The predicted molar refractivity (Wildman–Crippen MR) is 94.5 cm³/mol. The van der Waals surface area contributed by atoms with Crippen molar-refractivity contribution in [3.8, 4) is 11.1 Å². The normalized spacial score (nSPS) is 10.3. The summed E-state index contributed by atoms with van der Waals surface area (Å²) >= 11 is 2.32. The van der Waals surface area contributed by atoms with Crippen molar-refractivity contribution < 1.29 is 4.79 Å². The number of halogens is 1. The van der Waals surface area contributed by atoms with Crippen LogP contribution in [0.2, 0.25) is 0 Å². The van der Waals surface area contributed by atoms with E-state index in [1.807, 2.05) is 66.7 Å². The minimum atomic E-state index is 0.0587. The summed E-state index contributed by atoms with van der Waals surface area (Å²) in [7, 11) is 0. The van der Waals surface area contributed by atoms with Crippen LogP contribution < -0.4 is 0 Å². The third-order valence-corrected chi connectivity index (χ3v) is 4.29. The monoisotopic (exact) mass is 384 g/mol. The van der Waals surface area contributed by atoms with Crippen molar-refractivity contribution >= 4 is 28.4 Å². The molecule has 0 amide bonds. The fraction of sp³-hybridized carbons (Fsp3) is 0. The lowest BCUT2D eigenvalue weighted by Crippen LogP contribution is -2.01. The van der Waals surface area contributed by atoms with Gasteiger partial charge in [-0.3, -0.25) is 4.79 Å². The standard InChI is InChI=1S/C19H13IO/c20-18-12-5-4-11-17(18)15-9-6-10-16(13-15)19(21)14-7-2-1-3-8-14/h1-13H. The van der Waals surface area contributed by atoms with Gasteiger partial charge in [0.25, 0.3) is 0 Å². The zero-order valence-electron chi connectivity index (χ0n) is 11.3. The third-order valence-electron chi connectivity index (χ3n) is 3.35. The Morgan fingerprint density at radius 2 is 1.38 bits per heavy atom. The largest absolute Gasteiger partial charge is 0.289 e. The summed E-state index contributed by atoms with van der Waals surface area (Å²) in [6.45, 7) is 0. The molecule has 0 spiro atoms. The fourth-order valence-corrected chi connectivity index (χ4v) is 2.98. The summed E-state index contributed by atoms with van der Waals surface area (Å²) in [6, 6.07) is 25.4. The van der Waals surface area contributed by atoms with Gasteiger partial charge in [-0.1, -0.05) is 66.7 Å². The van der Waals surface area contributed by atoms with Crippen LogP contribution in [0.25, 0.3) is 11.1 Å². The Kier molecular flexibility index (Phi) is 4.15. The number of ketones is 1. The molecule has 0 aliphatic carbocycles. The van der Waals surface area contributed by atoms with Crippen LogP contribution >= 0.6 is 22.6 Å². The van der Waals surface area contributed by atoms with Crippen molar-refractivity contribution in [2.75, 3.05) is 0 Å². The molecule has 0 radical (unpaired) electrons. The molecule has 3 aromatic rings. The van der Waals surface area contributed by atoms with E-state index in [1.165, 1.54) is 3.57 Å². The molecule has 0 bridgehead atoms. The zero-order valence-corrected chi connectivity index (χ0v) is 13.4. The zero-order chi connectivity index (χ0) is 14.7. The highest BCUT2D eigenvalue weighted by atomic mass is 127. The highest BCUT2D eigenvalue weighted by molar-refractivity contribution is 14.1. The van der Waals surface area contributed by atoms with Gasteiger partial charge in [-0.05, 0) is 45.9 Å². The van der Waals surface area contributed by atoms with Gasteiger partial charge >= 0.3 is 0 Å². The van der Waals surface area contributed by atoms with Gasteiger partial charge in [-0.15, -0.1) is 0 Å². The van der Waals surface area contributed by atoms with E-state index in [-0.39, 0.29) is 5.78 Å². The molecule has 102 valence electrons. The van der Waals surface area contributed by atoms with E-state index in [2.05, 4.69) is 34.7 Å². The molecule has 2 heteroatoms. The Morgan fingerprint density at radius 3 is 2.14 bits per heavy atom. The Hall–Kier alpha value is -1.94. The molecule has 0 aliphatic rings. The second-order valence-corrected chi connectivity index (χ2v) is 5.92.